The van der Waals surface area contributed by atoms with Crippen LogP contribution in [0.3, 0.4) is 0 Å². The van der Waals surface area contributed by atoms with Crippen LogP contribution in [-0.4, -0.2) is 15.1 Å². The smallest absolute Gasteiger partial charge is 0.153 e. The quantitative estimate of drug-likeness (QED) is 0.690. The van der Waals surface area contributed by atoms with E-state index >= 15 is 0 Å². The highest BCUT2D eigenvalue weighted by Crippen LogP contribution is 2.10. The van der Waals surface area contributed by atoms with E-state index in [1.165, 1.54) is 0 Å². The largest absolute Gasteiger partial charge is 0.388 e. The standard InChI is InChI=1S/C8H12N2O/c1-6(2)7-3-9-8(5-11)10-4-7/h3-4,6,11H,5H2,1-2H3. The first-order chi connectivity index (χ1) is 5.24. The monoisotopic (exact) mass is 152 g/mol. The van der Waals surface area contributed by atoms with E-state index in [0.717, 1.165) is 5.56 Å². The maximum absolute atomic E-state index is 8.64. The maximum Gasteiger partial charge on any atom is 0.153 e. The van der Waals surface area contributed by atoms with Gasteiger partial charge in [0.2, 0.25) is 0 Å². The van der Waals surface area contributed by atoms with Gasteiger partial charge in [-0.25, -0.2) is 9.97 Å². The first-order valence-corrected chi connectivity index (χ1v) is 3.65. The van der Waals surface area contributed by atoms with Crippen molar-refractivity contribution in [3.63, 3.8) is 0 Å². The summed E-state index contributed by atoms with van der Waals surface area (Å²) in [7, 11) is 0. The molecule has 0 spiro atoms. The van der Waals surface area contributed by atoms with Crippen LogP contribution in [0.4, 0.5) is 0 Å². The Morgan fingerprint density at radius 3 is 2.27 bits per heavy atom. The van der Waals surface area contributed by atoms with Crippen LogP contribution in [0.15, 0.2) is 12.4 Å². The van der Waals surface area contributed by atoms with Gasteiger partial charge in [-0.2, -0.15) is 0 Å². The molecule has 1 N–H and O–H groups in total. The van der Waals surface area contributed by atoms with E-state index in [1.807, 2.05) is 0 Å². The van der Waals surface area contributed by atoms with Gasteiger partial charge in [-0.05, 0) is 11.5 Å². The molecule has 0 unspecified atom stereocenters. The van der Waals surface area contributed by atoms with Gasteiger partial charge in [0.05, 0.1) is 0 Å². The van der Waals surface area contributed by atoms with Crippen molar-refractivity contribution in [1.29, 1.82) is 0 Å². The second-order valence-electron chi connectivity index (χ2n) is 2.75. The van der Waals surface area contributed by atoms with Gasteiger partial charge in [0.15, 0.2) is 5.82 Å². The Balaban J connectivity index is 2.83. The van der Waals surface area contributed by atoms with Gasteiger partial charge in [-0.3, -0.25) is 0 Å². The Bertz CT molecular complexity index is 218. The fourth-order valence-electron chi connectivity index (χ4n) is 0.745. The Labute approximate surface area is 66.1 Å². The number of hydrogen-bond donors (Lipinski definition) is 1. The van der Waals surface area contributed by atoms with Crippen LogP contribution in [-0.2, 0) is 6.61 Å². The normalized spacial score (nSPS) is 10.5. The summed E-state index contributed by atoms with van der Waals surface area (Å²) in [6, 6.07) is 0. The fourth-order valence-corrected chi connectivity index (χ4v) is 0.745. The molecule has 0 fully saturated rings. The lowest BCUT2D eigenvalue weighted by Gasteiger charge is -2.02. The number of aliphatic hydroxyl groups excluding tert-OH is 1. The van der Waals surface area contributed by atoms with Crippen LogP contribution in [0, 0.1) is 0 Å². The molecule has 0 aliphatic rings. The van der Waals surface area contributed by atoms with E-state index in [0.29, 0.717) is 11.7 Å². The molecule has 0 atom stereocenters. The summed E-state index contributed by atoms with van der Waals surface area (Å²) in [5.41, 5.74) is 1.10. The predicted octanol–water partition coefficient (Wildman–Crippen LogP) is 1.09. The molecule has 1 heterocycles. The van der Waals surface area contributed by atoms with Crippen molar-refractivity contribution < 1.29 is 5.11 Å². The third-order valence-corrected chi connectivity index (χ3v) is 1.53. The van der Waals surface area contributed by atoms with E-state index < -0.39 is 0 Å². The number of nitrogens with zero attached hydrogens (tertiary/aromatic N) is 2. The van der Waals surface area contributed by atoms with E-state index in [9.17, 15) is 0 Å². The van der Waals surface area contributed by atoms with Crippen molar-refractivity contribution in [1.82, 2.24) is 9.97 Å². The highest BCUT2D eigenvalue weighted by atomic mass is 16.3. The van der Waals surface area contributed by atoms with Crippen LogP contribution >= 0.6 is 0 Å². The molecule has 1 aromatic heterocycles. The molecule has 0 radical (unpaired) electrons. The first-order valence-electron chi connectivity index (χ1n) is 3.65. The molecule has 0 saturated heterocycles. The second kappa shape index (κ2) is 3.44. The average Bonchev–Trinajstić information content (AvgIpc) is 2.05. The van der Waals surface area contributed by atoms with Gasteiger partial charge >= 0.3 is 0 Å². The van der Waals surface area contributed by atoms with Crippen molar-refractivity contribution in [3.05, 3.63) is 23.8 Å². The van der Waals surface area contributed by atoms with Crippen LogP contribution in [0.1, 0.15) is 31.2 Å². The molecule has 0 aliphatic heterocycles. The Morgan fingerprint density at radius 2 is 1.91 bits per heavy atom. The zero-order valence-electron chi connectivity index (χ0n) is 6.78. The molecule has 0 amide bonds. The lowest BCUT2D eigenvalue weighted by atomic mass is 10.1. The molecule has 3 heteroatoms. The molecule has 0 bridgehead atoms. The summed E-state index contributed by atoms with van der Waals surface area (Å²) in [4.78, 5) is 7.91. The van der Waals surface area contributed by atoms with Crippen LogP contribution < -0.4 is 0 Å². The topological polar surface area (TPSA) is 46.0 Å². The molecule has 1 aromatic rings. The molecule has 0 aliphatic carbocycles. The third-order valence-electron chi connectivity index (χ3n) is 1.53. The van der Waals surface area contributed by atoms with Gasteiger partial charge < -0.3 is 5.11 Å². The Morgan fingerprint density at radius 1 is 1.36 bits per heavy atom. The maximum atomic E-state index is 8.64. The van der Waals surface area contributed by atoms with E-state index in [-0.39, 0.29) is 6.61 Å². The predicted molar refractivity (Wildman–Crippen MR) is 42.0 cm³/mol. The number of aliphatic hydroxyl groups is 1. The number of aromatic nitrogens is 2. The second-order valence-corrected chi connectivity index (χ2v) is 2.75. The van der Waals surface area contributed by atoms with Gasteiger partial charge in [-0.15, -0.1) is 0 Å². The molecule has 1 rings (SSSR count). The minimum atomic E-state index is -0.0849. The van der Waals surface area contributed by atoms with Crippen LogP contribution in [0.25, 0.3) is 0 Å². The molecule has 3 nitrogen and oxygen atoms in total. The van der Waals surface area contributed by atoms with Gasteiger partial charge in [0.25, 0.3) is 0 Å². The lowest BCUT2D eigenvalue weighted by molar-refractivity contribution is 0.271. The summed E-state index contributed by atoms with van der Waals surface area (Å²) in [6.07, 6.45) is 3.51. The first kappa shape index (κ1) is 8.14. The highest BCUT2D eigenvalue weighted by molar-refractivity contribution is 5.09. The van der Waals surface area contributed by atoms with Crippen molar-refractivity contribution in [2.24, 2.45) is 0 Å². The van der Waals surface area contributed by atoms with Crippen molar-refractivity contribution in [2.45, 2.75) is 26.4 Å². The minimum absolute atomic E-state index is 0.0849. The van der Waals surface area contributed by atoms with Crippen LogP contribution in [0.5, 0.6) is 0 Å². The Kier molecular flexibility index (Phi) is 2.54. The number of hydrogen-bond acceptors (Lipinski definition) is 3. The fraction of sp³-hybridized carbons (Fsp3) is 0.500. The average molecular weight is 152 g/mol. The molecular formula is C8H12N2O. The van der Waals surface area contributed by atoms with Gasteiger partial charge in [0.1, 0.15) is 6.61 Å². The summed E-state index contributed by atoms with van der Waals surface area (Å²) >= 11 is 0. The Hall–Kier alpha value is -0.960. The summed E-state index contributed by atoms with van der Waals surface area (Å²) in [5.74, 6) is 0.928. The zero-order chi connectivity index (χ0) is 8.27. The summed E-state index contributed by atoms with van der Waals surface area (Å²) in [5, 5.41) is 8.64. The molecule has 60 valence electrons. The van der Waals surface area contributed by atoms with E-state index in [4.69, 9.17) is 5.11 Å². The molecule has 11 heavy (non-hydrogen) atoms. The SMILES string of the molecule is CC(C)c1cnc(CO)nc1. The van der Waals surface area contributed by atoms with Crippen molar-refractivity contribution >= 4 is 0 Å². The summed E-state index contributed by atoms with van der Waals surface area (Å²) < 4.78 is 0. The zero-order valence-corrected chi connectivity index (χ0v) is 6.78. The van der Waals surface area contributed by atoms with Crippen molar-refractivity contribution in [2.75, 3.05) is 0 Å². The minimum Gasteiger partial charge on any atom is -0.388 e. The third kappa shape index (κ3) is 1.98. The molecular weight excluding hydrogens is 140 g/mol. The summed E-state index contributed by atoms with van der Waals surface area (Å²) in [6.45, 7) is 4.08. The van der Waals surface area contributed by atoms with Crippen LogP contribution in [0.2, 0.25) is 0 Å². The number of rotatable bonds is 2. The molecule has 0 aromatic carbocycles. The van der Waals surface area contributed by atoms with Crippen molar-refractivity contribution in [3.8, 4) is 0 Å². The van der Waals surface area contributed by atoms with E-state index in [1.54, 1.807) is 12.4 Å². The highest BCUT2D eigenvalue weighted by Gasteiger charge is 1.99. The van der Waals surface area contributed by atoms with E-state index in [2.05, 4.69) is 23.8 Å². The van der Waals surface area contributed by atoms with Gasteiger partial charge in [-0.1, -0.05) is 13.8 Å². The van der Waals surface area contributed by atoms with Gasteiger partial charge in [0, 0.05) is 12.4 Å². The molecule has 0 saturated carbocycles. The lowest BCUT2D eigenvalue weighted by Crippen LogP contribution is -1.96.